The van der Waals surface area contributed by atoms with Crippen molar-refractivity contribution in [2.45, 2.75) is 10.6 Å². The first kappa shape index (κ1) is 19.6. The van der Waals surface area contributed by atoms with Crippen LogP contribution < -0.4 is 3.82 Å². The molecule has 0 bridgehead atoms. The van der Waals surface area contributed by atoms with E-state index in [1.807, 2.05) is 0 Å². The summed E-state index contributed by atoms with van der Waals surface area (Å²) in [4.78, 5) is 4.57. The van der Waals surface area contributed by atoms with Crippen molar-refractivity contribution in [2.24, 2.45) is 4.99 Å². The number of hydrogen-bond donors (Lipinski definition) is 0. The summed E-state index contributed by atoms with van der Waals surface area (Å²) in [5.74, 6) is -0.265. The van der Waals surface area contributed by atoms with Crippen LogP contribution in [0.25, 0.3) is 0 Å². The van der Waals surface area contributed by atoms with E-state index in [1.165, 1.54) is 18.2 Å². The van der Waals surface area contributed by atoms with Crippen LogP contribution in [0, 0.1) is 5.82 Å². The van der Waals surface area contributed by atoms with Crippen LogP contribution in [0.5, 0.6) is 0 Å². The van der Waals surface area contributed by atoms with Gasteiger partial charge in [-0.3, -0.25) is 4.99 Å². The van der Waals surface area contributed by atoms with Crippen molar-refractivity contribution in [3.8, 4) is 0 Å². The van der Waals surface area contributed by atoms with E-state index in [2.05, 4.69) is 20.9 Å². The van der Waals surface area contributed by atoms with Gasteiger partial charge < -0.3 is 0 Å². The predicted octanol–water partition coefficient (Wildman–Crippen LogP) is 5.39. The SMILES string of the molecule is O=S(=O)(c1cc(Br)cs1)N(Cl)c1ccc(C2=NCCc3cc(F)ccc32)cc1. The monoisotopic (exact) mass is 498 g/mol. The number of hydrogen-bond acceptors (Lipinski definition) is 4. The van der Waals surface area contributed by atoms with Gasteiger partial charge in [-0.25, -0.2) is 4.39 Å². The summed E-state index contributed by atoms with van der Waals surface area (Å²) in [6.07, 6.45) is 0.693. The van der Waals surface area contributed by atoms with Gasteiger partial charge in [0.1, 0.15) is 10.0 Å². The fourth-order valence-electron chi connectivity index (χ4n) is 3.00. The molecule has 28 heavy (non-hydrogen) atoms. The van der Waals surface area contributed by atoms with Crippen molar-refractivity contribution < 1.29 is 12.8 Å². The third-order valence-electron chi connectivity index (χ3n) is 4.33. The second kappa shape index (κ2) is 7.59. The highest BCUT2D eigenvalue weighted by Crippen LogP contribution is 2.32. The molecule has 144 valence electrons. The van der Waals surface area contributed by atoms with Crippen LogP contribution in [-0.4, -0.2) is 20.7 Å². The number of anilines is 1. The lowest BCUT2D eigenvalue weighted by Crippen LogP contribution is -2.20. The fourth-order valence-corrected chi connectivity index (χ4v) is 6.45. The standard InChI is InChI=1S/C19H13BrClFN2O2S2/c20-14-10-18(27-11-14)28(25,26)24(21)16-4-1-12(2-5-16)19-17-6-3-15(22)9-13(17)7-8-23-19/h1-6,9-11H,7-8H2. The summed E-state index contributed by atoms with van der Waals surface area (Å²) in [5.41, 5.74) is 3.71. The molecule has 3 aromatic rings. The zero-order valence-corrected chi connectivity index (χ0v) is 18.2. The second-order valence-corrected chi connectivity index (χ2v) is 10.5. The minimum Gasteiger partial charge on any atom is -0.284 e. The molecular formula is C19H13BrClFN2O2S2. The number of benzene rings is 2. The summed E-state index contributed by atoms with van der Waals surface area (Å²) in [6, 6.07) is 13.0. The van der Waals surface area contributed by atoms with Gasteiger partial charge in [-0.1, -0.05) is 12.1 Å². The predicted molar refractivity (Wildman–Crippen MR) is 115 cm³/mol. The molecule has 2 aromatic carbocycles. The van der Waals surface area contributed by atoms with E-state index >= 15 is 0 Å². The summed E-state index contributed by atoms with van der Waals surface area (Å²) >= 11 is 10.5. The molecule has 0 saturated carbocycles. The maximum absolute atomic E-state index is 13.5. The third-order valence-corrected chi connectivity index (χ3v) is 8.73. The fraction of sp³-hybridized carbons (Fsp3) is 0.105. The van der Waals surface area contributed by atoms with Crippen LogP contribution in [-0.2, 0) is 16.4 Å². The summed E-state index contributed by atoms with van der Waals surface area (Å²) in [6.45, 7) is 0.580. The molecule has 0 spiro atoms. The maximum atomic E-state index is 13.5. The van der Waals surface area contributed by atoms with Gasteiger partial charge in [-0.2, -0.15) is 12.2 Å². The molecule has 1 aliphatic rings. The van der Waals surface area contributed by atoms with E-state index in [4.69, 9.17) is 11.8 Å². The molecule has 0 unspecified atom stereocenters. The highest BCUT2D eigenvalue weighted by molar-refractivity contribution is 9.10. The normalized spacial score (nSPS) is 13.8. The van der Waals surface area contributed by atoms with Crippen molar-refractivity contribution in [2.75, 3.05) is 10.4 Å². The van der Waals surface area contributed by atoms with Crippen molar-refractivity contribution in [1.29, 1.82) is 0 Å². The Morgan fingerprint density at radius 3 is 2.57 bits per heavy atom. The van der Waals surface area contributed by atoms with Crippen LogP contribution in [0.4, 0.5) is 10.1 Å². The highest BCUT2D eigenvalue weighted by atomic mass is 79.9. The Hall–Kier alpha value is -1.74. The molecule has 0 saturated heterocycles. The number of halogens is 3. The average molecular weight is 500 g/mol. The lowest BCUT2D eigenvalue weighted by molar-refractivity contribution is 0.600. The van der Waals surface area contributed by atoms with Gasteiger partial charge in [0, 0.05) is 39.3 Å². The first-order chi connectivity index (χ1) is 13.4. The number of fused-ring (bicyclic) bond motifs is 1. The van der Waals surface area contributed by atoms with E-state index in [9.17, 15) is 12.8 Å². The van der Waals surface area contributed by atoms with Crippen LogP contribution >= 0.6 is 39.0 Å². The summed E-state index contributed by atoms with van der Waals surface area (Å²) in [7, 11) is -3.85. The number of thiophene rings is 1. The smallest absolute Gasteiger partial charge is 0.284 e. The molecule has 0 N–H and O–H groups in total. The first-order valence-corrected chi connectivity index (χ1v) is 11.7. The molecule has 1 aliphatic heterocycles. The van der Waals surface area contributed by atoms with Crippen molar-refractivity contribution in [1.82, 2.24) is 0 Å². The molecule has 1 aromatic heterocycles. The lowest BCUT2D eigenvalue weighted by Gasteiger charge is -2.19. The van der Waals surface area contributed by atoms with E-state index in [0.717, 1.165) is 37.6 Å². The molecule has 2 heterocycles. The Balaban J connectivity index is 1.64. The minimum absolute atomic E-state index is 0.145. The number of sulfonamides is 1. The molecule has 4 rings (SSSR count). The van der Waals surface area contributed by atoms with E-state index in [0.29, 0.717) is 23.1 Å². The van der Waals surface area contributed by atoms with Gasteiger partial charge in [0.2, 0.25) is 0 Å². The van der Waals surface area contributed by atoms with Crippen LogP contribution in [0.3, 0.4) is 0 Å². The molecule has 0 amide bonds. The highest BCUT2D eigenvalue weighted by Gasteiger charge is 2.26. The van der Waals surface area contributed by atoms with Gasteiger partial charge in [0.15, 0.2) is 0 Å². The van der Waals surface area contributed by atoms with E-state index in [-0.39, 0.29) is 10.0 Å². The number of nitrogens with zero attached hydrogens (tertiary/aromatic N) is 2. The Labute approximate surface area is 179 Å². The summed E-state index contributed by atoms with van der Waals surface area (Å²) in [5, 5.41) is 1.68. The zero-order chi connectivity index (χ0) is 19.9. The second-order valence-electron chi connectivity index (χ2n) is 6.13. The molecule has 0 fully saturated rings. The van der Waals surface area contributed by atoms with Crippen LogP contribution in [0.2, 0.25) is 0 Å². The quantitative estimate of drug-likeness (QED) is 0.452. The maximum Gasteiger partial charge on any atom is 0.287 e. The number of aliphatic imine (C=N–C) groups is 1. The lowest BCUT2D eigenvalue weighted by atomic mass is 9.93. The van der Waals surface area contributed by atoms with E-state index in [1.54, 1.807) is 35.7 Å². The Morgan fingerprint density at radius 1 is 1.14 bits per heavy atom. The molecular weight excluding hydrogens is 487 g/mol. The Kier molecular flexibility index (Phi) is 5.30. The zero-order valence-electron chi connectivity index (χ0n) is 14.3. The van der Waals surface area contributed by atoms with Gasteiger partial charge >= 0.3 is 0 Å². The number of rotatable bonds is 4. The van der Waals surface area contributed by atoms with Crippen LogP contribution in [0.1, 0.15) is 16.7 Å². The molecule has 0 aliphatic carbocycles. The van der Waals surface area contributed by atoms with E-state index < -0.39 is 10.0 Å². The van der Waals surface area contributed by atoms with Crippen molar-refractivity contribution in [3.05, 3.63) is 80.9 Å². The first-order valence-electron chi connectivity index (χ1n) is 8.25. The minimum atomic E-state index is -3.85. The largest absolute Gasteiger partial charge is 0.287 e. The average Bonchev–Trinajstić information content (AvgIpc) is 3.14. The van der Waals surface area contributed by atoms with Crippen molar-refractivity contribution >= 4 is 60.5 Å². The topological polar surface area (TPSA) is 49.7 Å². The molecule has 0 radical (unpaired) electrons. The van der Waals surface area contributed by atoms with Gasteiger partial charge in [-0.05, 0) is 64.3 Å². The molecule has 4 nitrogen and oxygen atoms in total. The van der Waals surface area contributed by atoms with Crippen molar-refractivity contribution in [3.63, 3.8) is 0 Å². The molecule has 9 heteroatoms. The van der Waals surface area contributed by atoms with Gasteiger partial charge in [0.05, 0.1) is 11.4 Å². The summed E-state index contributed by atoms with van der Waals surface area (Å²) < 4.78 is 40.4. The van der Waals surface area contributed by atoms with Gasteiger partial charge in [-0.15, -0.1) is 11.3 Å². The molecule has 0 atom stereocenters. The Morgan fingerprint density at radius 2 is 1.89 bits per heavy atom. The van der Waals surface area contributed by atoms with Crippen LogP contribution in [0.15, 0.2) is 67.6 Å². The third kappa shape index (κ3) is 3.61. The van der Waals surface area contributed by atoms with Gasteiger partial charge in [0.25, 0.3) is 10.0 Å². The Bertz CT molecular complexity index is 1180.